The number of carbonyl (C=O) groups is 3. The van der Waals surface area contributed by atoms with Crippen LogP contribution in [0, 0.1) is 5.92 Å². The Morgan fingerprint density at radius 3 is 2.38 bits per heavy atom. The largest absolute Gasteiger partial charge is 0.480 e. The highest BCUT2D eigenvalue weighted by Gasteiger charge is 2.34. The first-order chi connectivity index (χ1) is 15.4. The van der Waals surface area contributed by atoms with Gasteiger partial charge in [-0.05, 0) is 29.9 Å². The van der Waals surface area contributed by atoms with Crippen LogP contribution in [-0.4, -0.2) is 52.0 Å². The molecule has 32 heavy (non-hydrogen) atoms. The lowest BCUT2D eigenvalue weighted by molar-refractivity contribution is -0.145. The highest BCUT2D eigenvalue weighted by atomic mass is 32.1. The van der Waals surface area contributed by atoms with Crippen LogP contribution < -0.4 is 5.32 Å². The number of nitrogens with one attached hydrogen (secondary N) is 1. The van der Waals surface area contributed by atoms with E-state index in [0.717, 1.165) is 16.1 Å². The van der Waals surface area contributed by atoms with E-state index in [-0.39, 0.29) is 11.8 Å². The van der Waals surface area contributed by atoms with E-state index in [1.165, 1.54) is 0 Å². The maximum atomic E-state index is 13.1. The van der Waals surface area contributed by atoms with Crippen molar-refractivity contribution in [2.24, 2.45) is 11.0 Å². The number of hydrazone groups is 1. The summed E-state index contributed by atoms with van der Waals surface area (Å²) < 4.78 is 0. The van der Waals surface area contributed by atoms with Crippen molar-refractivity contribution >= 4 is 36.1 Å². The highest BCUT2D eigenvalue weighted by Crippen LogP contribution is 2.26. The first-order valence-corrected chi connectivity index (χ1v) is 11.2. The fourth-order valence-corrected chi connectivity index (χ4v) is 4.26. The van der Waals surface area contributed by atoms with Crippen LogP contribution in [0.1, 0.15) is 36.8 Å². The molecule has 2 aromatic rings. The van der Waals surface area contributed by atoms with Crippen LogP contribution in [0.25, 0.3) is 0 Å². The number of hydrogen-bond acceptors (Lipinski definition) is 5. The van der Waals surface area contributed by atoms with Crippen LogP contribution in [0.15, 0.2) is 65.8 Å². The number of aliphatic carboxylic acids is 1. The highest BCUT2D eigenvalue weighted by molar-refractivity contribution is 7.80. The summed E-state index contributed by atoms with van der Waals surface area (Å²) in [7, 11) is 0. The van der Waals surface area contributed by atoms with Crippen molar-refractivity contribution in [1.29, 1.82) is 0 Å². The van der Waals surface area contributed by atoms with E-state index in [2.05, 4.69) is 23.0 Å². The van der Waals surface area contributed by atoms with E-state index in [1.54, 1.807) is 0 Å². The molecular weight excluding hydrogens is 426 g/mol. The lowest BCUT2D eigenvalue weighted by Crippen LogP contribution is -2.49. The lowest BCUT2D eigenvalue weighted by Gasteiger charge is -2.26. The fourth-order valence-electron chi connectivity index (χ4n) is 3.77. The van der Waals surface area contributed by atoms with Crippen LogP contribution in [0.3, 0.4) is 0 Å². The van der Waals surface area contributed by atoms with Crippen molar-refractivity contribution in [3.8, 4) is 0 Å². The van der Waals surface area contributed by atoms with Gasteiger partial charge in [-0.2, -0.15) is 17.7 Å². The van der Waals surface area contributed by atoms with E-state index < -0.39 is 30.4 Å². The molecule has 0 aliphatic carbocycles. The molecular formula is C24H27N3O4S. The second-order valence-electron chi connectivity index (χ2n) is 7.79. The zero-order valence-corrected chi connectivity index (χ0v) is 18.7. The maximum Gasteiger partial charge on any atom is 0.325 e. The second-order valence-corrected chi connectivity index (χ2v) is 8.16. The van der Waals surface area contributed by atoms with Crippen molar-refractivity contribution in [2.75, 3.05) is 12.3 Å². The minimum atomic E-state index is -1.17. The standard InChI is InChI=1S/C24H27N3O4S/c1-16(17-8-4-2-5-9-17)19(15-32)23(30)25-21-13-12-20(18-10-6-3-7-11-18)26-27(24(21)31)14-22(28)29/h2-11,16,19,21,32H,12-15H2,1H3,(H,25,30)(H,28,29)/t16-,19-,21-/m0/s1. The molecule has 0 bridgehead atoms. The van der Waals surface area contributed by atoms with Crippen molar-refractivity contribution in [2.45, 2.75) is 31.7 Å². The van der Waals surface area contributed by atoms with Gasteiger partial charge in [-0.1, -0.05) is 67.6 Å². The zero-order valence-electron chi connectivity index (χ0n) is 17.8. The van der Waals surface area contributed by atoms with Crippen LogP contribution >= 0.6 is 12.6 Å². The number of thiol groups is 1. The molecule has 2 N–H and O–H groups in total. The molecule has 1 aliphatic heterocycles. The first kappa shape index (κ1) is 23.5. The molecule has 0 spiro atoms. The van der Waals surface area contributed by atoms with Gasteiger partial charge >= 0.3 is 5.97 Å². The summed E-state index contributed by atoms with van der Waals surface area (Å²) in [5.74, 6) is -2.22. The fraction of sp³-hybridized carbons (Fsp3) is 0.333. The molecule has 0 radical (unpaired) electrons. The molecule has 0 aromatic heterocycles. The van der Waals surface area contributed by atoms with Gasteiger partial charge in [-0.15, -0.1) is 0 Å². The molecule has 7 nitrogen and oxygen atoms in total. The first-order valence-electron chi connectivity index (χ1n) is 10.5. The third-order valence-corrected chi connectivity index (χ3v) is 6.03. The molecule has 2 aromatic carbocycles. The van der Waals surface area contributed by atoms with Crippen molar-refractivity contribution < 1.29 is 19.5 Å². The lowest BCUT2D eigenvalue weighted by atomic mass is 9.88. The Kier molecular flexibility index (Phi) is 8.05. The maximum absolute atomic E-state index is 13.1. The van der Waals surface area contributed by atoms with Gasteiger partial charge in [0.1, 0.15) is 12.6 Å². The number of hydrogen-bond donors (Lipinski definition) is 3. The molecule has 2 amide bonds. The molecule has 3 rings (SSSR count). The number of benzene rings is 2. The SMILES string of the molecule is C[C@@H](c1ccccc1)[C@H](CS)C(=O)N[C@H]1CCC(c2ccccc2)=NN(CC(=O)O)C1=O. The van der Waals surface area contributed by atoms with Crippen LogP contribution in [0.2, 0.25) is 0 Å². The summed E-state index contributed by atoms with van der Waals surface area (Å²) in [6.45, 7) is 1.38. The van der Waals surface area contributed by atoms with E-state index >= 15 is 0 Å². The number of carboxylic acids is 1. The van der Waals surface area contributed by atoms with Gasteiger partial charge in [0.25, 0.3) is 5.91 Å². The Bertz CT molecular complexity index is 981. The number of amides is 2. The summed E-state index contributed by atoms with van der Waals surface area (Å²) in [5, 5.41) is 17.4. The van der Waals surface area contributed by atoms with E-state index in [9.17, 15) is 19.5 Å². The van der Waals surface area contributed by atoms with Gasteiger partial charge in [0.15, 0.2) is 0 Å². The Hall–Kier alpha value is -3.13. The van der Waals surface area contributed by atoms with Gasteiger partial charge in [-0.3, -0.25) is 14.4 Å². The molecule has 0 saturated heterocycles. The number of carboxylic acid groups (broad SMARTS) is 1. The second kappa shape index (κ2) is 10.9. The Morgan fingerprint density at radius 2 is 1.78 bits per heavy atom. The summed E-state index contributed by atoms with van der Waals surface area (Å²) >= 11 is 4.37. The predicted molar refractivity (Wildman–Crippen MR) is 126 cm³/mol. The average molecular weight is 454 g/mol. The third-order valence-electron chi connectivity index (χ3n) is 5.63. The van der Waals surface area contributed by atoms with E-state index in [1.807, 2.05) is 67.6 Å². The molecule has 168 valence electrons. The summed E-state index contributed by atoms with van der Waals surface area (Å²) in [4.78, 5) is 37.5. The topological polar surface area (TPSA) is 99.1 Å². The molecule has 0 unspecified atom stereocenters. The zero-order chi connectivity index (χ0) is 23.1. The minimum absolute atomic E-state index is 0.0965. The monoisotopic (exact) mass is 453 g/mol. The average Bonchev–Trinajstić information content (AvgIpc) is 2.94. The molecule has 0 fully saturated rings. The number of nitrogens with zero attached hydrogens (tertiary/aromatic N) is 2. The summed E-state index contributed by atoms with van der Waals surface area (Å²) in [6, 6.07) is 18.1. The Morgan fingerprint density at radius 1 is 1.16 bits per heavy atom. The smallest absolute Gasteiger partial charge is 0.325 e. The summed E-state index contributed by atoms with van der Waals surface area (Å²) in [5.41, 5.74) is 2.44. The van der Waals surface area contributed by atoms with E-state index in [4.69, 9.17) is 0 Å². The quantitative estimate of drug-likeness (QED) is 0.535. The molecule has 0 saturated carbocycles. The van der Waals surface area contributed by atoms with Gasteiger partial charge in [0, 0.05) is 5.75 Å². The van der Waals surface area contributed by atoms with Crippen molar-refractivity contribution in [3.05, 3.63) is 71.8 Å². The molecule has 3 atom stereocenters. The van der Waals surface area contributed by atoms with Crippen molar-refractivity contribution in [1.82, 2.24) is 10.3 Å². The number of carbonyl (C=O) groups excluding carboxylic acids is 2. The molecule has 8 heteroatoms. The van der Waals surface area contributed by atoms with Gasteiger partial charge in [-0.25, -0.2) is 5.01 Å². The van der Waals surface area contributed by atoms with Gasteiger partial charge < -0.3 is 10.4 Å². The van der Waals surface area contributed by atoms with Crippen LogP contribution in [0.5, 0.6) is 0 Å². The molecule has 1 heterocycles. The van der Waals surface area contributed by atoms with Crippen molar-refractivity contribution in [3.63, 3.8) is 0 Å². The normalized spacial score (nSPS) is 18.3. The third kappa shape index (κ3) is 5.76. The minimum Gasteiger partial charge on any atom is -0.480 e. The van der Waals surface area contributed by atoms with Crippen LogP contribution in [0.4, 0.5) is 0 Å². The summed E-state index contributed by atoms with van der Waals surface area (Å²) in [6.07, 6.45) is 0.754. The number of rotatable bonds is 8. The molecule has 1 aliphatic rings. The Labute approximate surface area is 192 Å². The Balaban J connectivity index is 1.79. The van der Waals surface area contributed by atoms with Gasteiger partial charge in [0.05, 0.1) is 11.6 Å². The van der Waals surface area contributed by atoms with E-state index in [0.29, 0.717) is 24.3 Å². The van der Waals surface area contributed by atoms with Crippen LogP contribution in [-0.2, 0) is 14.4 Å². The predicted octanol–water partition coefficient (Wildman–Crippen LogP) is 2.93. The van der Waals surface area contributed by atoms with Gasteiger partial charge in [0.2, 0.25) is 5.91 Å².